The molecule has 4 heteroatoms. The lowest BCUT2D eigenvalue weighted by atomic mass is 10.0. The van der Waals surface area contributed by atoms with Crippen molar-refractivity contribution in [2.45, 2.75) is 13.0 Å². The van der Waals surface area contributed by atoms with Gasteiger partial charge in [-0.25, -0.2) is 0 Å². The SMILES string of the molecule is CCOc1cccc([C@@H](N)c2cccs2)c1O. The Morgan fingerprint density at radius 2 is 2.18 bits per heavy atom. The predicted octanol–water partition coefficient (Wildman–Crippen LogP) is 2.90. The van der Waals surface area contributed by atoms with Crippen LogP contribution in [0.25, 0.3) is 0 Å². The highest BCUT2D eigenvalue weighted by Crippen LogP contribution is 2.36. The van der Waals surface area contributed by atoms with E-state index in [0.717, 1.165) is 4.88 Å². The molecule has 0 radical (unpaired) electrons. The average Bonchev–Trinajstić information content (AvgIpc) is 2.85. The summed E-state index contributed by atoms with van der Waals surface area (Å²) >= 11 is 1.58. The second-order valence-electron chi connectivity index (χ2n) is 3.62. The molecule has 1 heterocycles. The minimum atomic E-state index is -0.310. The molecule has 0 unspecified atom stereocenters. The first-order chi connectivity index (χ1) is 8.24. The number of hydrogen-bond acceptors (Lipinski definition) is 4. The average molecular weight is 249 g/mol. The Balaban J connectivity index is 2.35. The molecule has 2 rings (SSSR count). The van der Waals surface area contributed by atoms with Crippen molar-refractivity contribution in [3.05, 3.63) is 46.2 Å². The van der Waals surface area contributed by atoms with Gasteiger partial charge in [0, 0.05) is 10.4 Å². The van der Waals surface area contributed by atoms with E-state index in [1.165, 1.54) is 0 Å². The molecule has 0 saturated heterocycles. The van der Waals surface area contributed by atoms with Crippen molar-refractivity contribution in [1.82, 2.24) is 0 Å². The van der Waals surface area contributed by atoms with Gasteiger partial charge in [-0.05, 0) is 24.4 Å². The maximum atomic E-state index is 10.1. The van der Waals surface area contributed by atoms with Crippen molar-refractivity contribution in [2.24, 2.45) is 5.73 Å². The Labute approximate surface area is 104 Å². The molecule has 0 spiro atoms. The third kappa shape index (κ3) is 2.43. The van der Waals surface area contributed by atoms with Gasteiger partial charge in [-0.1, -0.05) is 18.2 Å². The van der Waals surface area contributed by atoms with Crippen LogP contribution >= 0.6 is 11.3 Å². The van der Waals surface area contributed by atoms with Gasteiger partial charge in [0.05, 0.1) is 12.6 Å². The van der Waals surface area contributed by atoms with Crippen LogP contribution in [0.4, 0.5) is 0 Å². The maximum absolute atomic E-state index is 10.1. The fraction of sp³-hybridized carbons (Fsp3) is 0.231. The number of hydrogen-bond donors (Lipinski definition) is 2. The zero-order chi connectivity index (χ0) is 12.3. The van der Waals surface area contributed by atoms with E-state index in [0.29, 0.717) is 17.9 Å². The predicted molar refractivity (Wildman–Crippen MR) is 69.6 cm³/mol. The molecule has 1 atom stereocenters. The van der Waals surface area contributed by atoms with Gasteiger partial charge in [0.15, 0.2) is 11.5 Å². The molecule has 2 aromatic rings. The molecule has 17 heavy (non-hydrogen) atoms. The highest BCUT2D eigenvalue weighted by molar-refractivity contribution is 7.10. The summed E-state index contributed by atoms with van der Waals surface area (Å²) in [5.41, 5.74) is 6.81. The Morgan fingerprint density at radius 3 is 2.82 bits per heavy atom. The molecule has 0 saturated carbocycles. The van der Waals surface area contributed by atoms with Crippen molar-refractivity contribution in [3.63, 3.8) is 0 Å². The zero-order valence-corrected chi connectivity index (χ0v) is 10.4. The van der Waals surface area contributed by atoms with Crippen LogP contribution in [-0.2, 0) is 0 Å². The summed E-state index contributed by atoms with van der Waals surface area (Å²) < 4.78 is 5.34. The van der Waals surface area contributed by atoms with Gasteiger partial charge < -0.3 is 15.6 Å². The number of thiophene rings is 1. The van der Waals surface area contributed by atoms with Crippen molar-refractivity contribution in [3.8, 4) is 11.5 Å². The number of benzene rings is 1. The Morgan fingerprint density at radius 1 is 1.35 bits per heavy atom. The van der Waals surface area contributed by atoms with E-state index in [4.69, 9.17) is 10.5 Å². The highest BCUT2D eigenvalue weighted by atomic mass is 32.1. The number of phenolic OH excluding ortho intramolecular Hbond substituents is 1. The molecular formula is C13H15NO2S. The normalized spacial score (nSPS) is 12.4. The molecule has 0 aliphatic heterocycles. The third-order valence-corrected chi connectivity index (χ3v) is 3.47. The van der Waals surface area contributed by atoms with Crippen molar-refractivity contribution >= 4 is 11.3 Å². The smallest absolute Gasteiger partial charge is 0.162 e. The summed E-state index contributed by atoms with van der Waals surface area (Å²) in [4.78, 5) is 1.02. The maximum Gasteiger partial charge on any atom is 0.162 e. The van der Waals surface area contributed by atoms with Gasteiger partial charge in [0.2, 0.25) is 0 Å². The molecule has 1 aromatic carbocycles. The van der Waals surface area contributed by atoms with Crippen LogP contribution < -0.4 is 10.5 Å². The van der Waals surface area contributed by atoms with Crippen LogP contribution in [0.2, 0.25) is 0 Å². The summed E-state index contributed by atoms with van der Waals surface area (Å²) in [5.74, 6) is 0.618. The van der Waals surface area contributed by atoms with E-state index >= 15 is 0 Å². The van der Waals surface area contributed by atoms with E-state index in [2.05, 4.69) is 0 Å². The lowest BCUT2D eigenvalue weighted by molar-refractivity contribution is 0.316. The zero-order valence-electron chi connectivity index (χ0n) is 9.59. The van der Waals surface area contributed by atoms with Gasteiger partial charge in [0.1, 0.15) is 0 Å². The number of rotatable bonds is 4. The van der Waals surface area contributed by atoms with Gasteiger partial charge in [0.25, 0.3) is 0 Å². The second kappa shape index (κ2) is 5.21. The van der Waals surface area contributed by atoms with E-state index < -0.39 is 0 Å². The first-order valence-corrected chi connectivity index (χ1v) is 6.35. The highest BCUT2D eigenvalue weighted by Gasteiger charge is 2.16. The van der Waals surface area contributed by atoms with Crippen LogP contribution in [0.15, 0.2) is 35.7 Å². The third-order valence-electron chi connectivity index (χ3n) is 2.51. The molecule has 0 fully saturated rings. The van der Waals surface area contributed by atoms with Crippen molar-refractivity contribution < 1.29 is 9.84 Å². The molecule has 0 amide bonds. The summed E-state index contributed by atoms with van der Waals surface area (Å²) in [5, 5.41) is 12.1. The fourth-order valence-electron chi connectivity index (χ4n) is 1.68. The molecule has 1 aromatic heterocycles. The lowest BCUT2D eigenvalue weighted by Gasteiger charge is -2.14. The molecular weight excluding hydrogens is 234 g/mol. The Bertz CT molecular complexity index is 482. The van der Waals surface area contributed by atoms with Crippen LogP contribution in [0.5, 0.6) is 11.5 Å². The van der Waals surface area contributed by atoms with E-state index in [1.54, 1.807) is 17.4 Å². The van der Waals surface area contributed by atoms with E-state index in [9.17, 15) is 5.11 Å². The minimum absolute atomic E-state index is 0.134. The first kappa shape index (κ1) is 12.0. The monoisotopic (exact) mass is 249 g/mol. The van der Waals surface area contributed by atoms with E-state index in [1.807, 2.05) is 36.6 Å². The number of phenols is 1. The molecule has 0 aliphatic carbocycles. The summed E-state index contributed by atoms with van der Waals surface area (Å²) in [6.45, 7) is 2.40. The first-order valence-electron chi connectivity index (χ1n) is 5.47. The molecule has 3 nitrogen and oxygen atoms in total. The molecule has 90 valence electrons. The van der Waals surface area contributed by atoms with Crippen LogP contribution in [0.1, 0.15) is 23.4 Å². The molecule has 0 bridgehead atoms. The van der Waals surface area contributed by atoms with Crippen molar-refractivity contribution in [2.75, 3.05) is 6.61 Å². The summed E-state index contributed by atoms with van der Waals surface area (Å²) in [6.07, 6.45) is 0. The van der Waals surface area contributed by atoms with Crippen molar-refractivity contribution in [1.29, 1.82) is 0 Å². The van der Waals surface area contributed by atoms with Crippen LogP contribution in [0, 0.1) is 0 Å². The second-order valence-corrected chi connectivity index (χ2v) is 4.60. The lowest BCUT2D eigenvalue weighted by Crippen LogP contribution is -2.10. The number of ether oxygens (including phenoxy) is 1. The van der Waals surface area contributed by atoms with Gasteiger partial charge in [-0.2, -0.15) is 0 Å². The quantitative estimate of drug-likeness (QED) is 0.876. The number of nitrogens with two attached hydrogens (primary N) is 1. The largest absolute Gasteiger partial charge is 0.504 e. The van der Waals surface area contributed by atoms with Crippen LogP contribution in [0.3, 0.4) is 0 Å². The summed E-state index contributed by atoms with van der Waals surface area (Å²) in [6, 6.07) is 9.00. The van der Waals surface area contributed by atoms with Crippen LogP contribution in [-0.4, -0.2) is 11.7 Å². The minimum Gasteiger partial charge on any atom is -0.504 e. The topological polar surface area (TPSA) is 55.5 Å². The standard InChI is InChI=1S/C13H15NO2S/c1-2-16-10-6-3-5-9(13(10)15)12(14)11-7-4-8-17-11/h3-8,12,15H,2,14H2,1H3/t12-/m1/s1. The molecule has 0 aliphatic rings. The van der Waals surface area contributed by atoms with Gasteiger partial charge in [-0.15, -0.1) is 11.3 Å². The molecule has 3 N–H and O–H groups in total. The Hall–Kier alpha value is -1.52. The Kier molecular flexibility index (Phi) is 3.66. The van der Waals surface area contributed by atoms with E-state index in [-0.39, 0.29) is 11.8 Å². The van der Waals surface area contributed by atoms with Gasteiger partial charge in [-0.3, -0.25) is 0 Å². The van der Waals surface area contributed by atoms with Gasteiger partial charge >= 0.3 is 0 Å². The number of para-hydroxylation sites is 1. The number of aromatic hydroxyl groups is 1. The summed E-state index contributed by atoms with van der Waals surface area (Å²) in [7, 11) is 0. The fourth-order valence-corrected chi connectivity index (χ4v) is 2.43.